The van der Waals surface area contributed by atoms with Crippen LogP contribution in [0.1, 0.15) is 5.56 Å². The van der Waals surface area contributed by atoms with Crippen LogP contribution >= 0.6 is 24.0 Å². The van der Waals surface area contributed by atoms with Gasteiger partial charge in [-0.3, -0.25) is 4.99 Å². The quantitative estimate of drug-likeness (QED) is 0.323. The molecule has 1 fully saturated rings. The fourth-order valence-corrected chi connectivity index (χ4v) is 3.69. The summed E-state index contributed by atoms with van der Waals surface area (Å²) in [5.74, 6) is 0.731. The third kappa shape index (κ3) is 4.98. The number of hydrogen-bond acceptors (Lipinski definition) is 3. The van der Waals surface area contributed by atoms with Crippen molar-refractivity contribution >= 4 is 46.7 Å². The smallest absolute Gasteiger partial charge is 0.193 e. The van der Waals surface area contributed by atoms with E-state index in [4.69, 9.17) is 0 Å². The monoisotopic (exact) mass is 508 g/mol. The molecule has 29 heavy (non-hydrogen) atoms. The lowest BCUT2D eigenvalue weighted by atomic mass is 10.1. The largest absolute Gasteiger partial charge is 0.368 e. The van der Waals surface area contributed by atoms with Crippen molar-refractivity contribution in [3.05, 3.63) is 60.2 Å². The Labute approximate surface area is 187 Å². The molecule has 6 nitrogen and oxygen atoms in total. The van der Waals surface area contributed by atoms with Gasteiger partial charge < -0.3 is 20.1 Å². The van der Waals surface area contributed by atoms with Crippen molar-refractivity contribution in [3.8, 4) is 0 Å². The van der Waals surface area contributed by atoms with Crippen molar-refractivity contribution in [2.24, 2.45) is 4.99 Å². The van der Waals surface area contributed by atoms with E-state index in [-0.39, 0.29) is 29.8 Å². The molecule has 0 amide bonds. The van der Waals surface area contributed by atoms with Crippen LogP contribution in [0.3, 0.4) is 0 Å². The lowest BCUT2D eigenvalue weighted by molar-refractivity contribution is 0.373. The number of guanidine groups is 1. The van der Waals surface area contributed by atoms with E-state index in [1.807, 2.05) is 31.4 Å². The molecule has 0 unspecified atom stereocenters. The first-order valence-corrected chi connectivity index (χ1v) is 9.61. The third-order valence-electron chi connectivity index (χ3n) is 5.20. The summed E-state index contributed by atoms with van der Waals surface area (Å²) in [4.78, 5) is 16.6. The average Bonchev–Trinajstić information content (AvgIpc) is 3.15. The summed E-state index contributed by atoms with van der Waals surface area (Å²) in [5, 5.41) is 4.65. The highest BCUT2D eigenvalue weighted by atomic mass is 127. The zero-order valence-electron chi connectivity index (χ0n) is 16.4. The number of aromatic amines is 1. The number of piperazine rings is 1. The maximum absolute atomic E-state index is 13.1. The van der Waals surface area contributed by atoms with Gasteiger partial charge in [0.2, 0.25) is 0 Å². The van der Waals surface area contributed by atoms with Gasteiger partial charge >= 0.3 is 0 Å². The molecule has 2 N–H and O–H groups in total. The number of aromatic nitrogens is 2. The number of pyridine rings is 1. The van der Waals surface area contributed by atoms with Gasteiger partial charge in [-0.15, -0.1) is 24.0 Å². The van der Waals surface area contributed by atoms with Crippen molar-refractivity contribution in [3.63, 3.8) is 0 Å². The molecule has 0 bridgehead atoms. The Morgan fingerprint density at radius 1 is 1.17 bits per heavy atom. The predicted molar refractivity (Wildman–Crippen MR) is 127 cm³/mol. The van der Waals surface area contributed by atoms with E-state index in [0.717, 1.165) is 56.4 Å². The molecule has 0 atom stereocenters. The molecule has 1 saturated heterocycles. The van der Waals surface area contributed by atoms with E-state index >= 15 is 0 Å². The van der Waals surface area contributed by atoms with Crippen LogP contribution in [0.4, 0.5) is 10.1 Å². The second-order valence-corrected chi connectivity index (χ2v) is 6.89. The molecule has 1 aliphatic heterocycles. The number of hydrogen-bond donors (Lipinski definition) is 2. The molecule has 1 aliphatic rings. The predicted octanol–water partition coefficient (Wildman–Crippen LogP) is 3.26. The van der Waals surface area contributed by atoms with E-state index in [9.17, 15) is 4.39 Å². The lowest BCUT2D eigenvalue weighted by Crippen LogP contribution is -2.52. The minimum atomic E-state index is -0.196. The van der Waals surface area contributed by atoms with Crippen LogP contribution in [-0.2, 0) is 6.42 Å². The molecule has 0 spiro atoms. The van der Waals surface area contributed by atoms with E-state index < -0.39 is 0 Å². The maximum atomic E-state index is 13.1. The van der Waals surface area contributed by atoms with E-state index in [2.05, 4.69) is 36.1 Å². The molecule has 0 saturated carbocycles. The molecule has 0 aliphatic carbocycles. The summed E-state index contributed by atoms with van der Waals surface area (Å²) in [5.41, 5.74) is 3.25. The van der Waals surface area contributed by atoms with Crippen molar-refractivity contribution in [1.29, 1.82) is 0 Å². The molecule has 0 radical (unpaired) electrons. The SMILES string of the molecule is CN=C(NCCc1c[nH]c2ncccc12)N1CCN(c2ccc(F)cc2)CC1.I. The second-order valence-electron chi connectivity index (χ2n) is 6.89. The summed E-state index contributed by atoms with van der Waals surface area (Å²) in [6, 6.07) is 10.8. The number of halogens is 2. The van der Waals surface area contributed by atoms with Gasteiger partial charge in [0.25, 0.3) is 0 Å². The number of fused-ring (bicyclic) bond motifs is 1. The highest BCUT2D eigenvalue weighted by molar-refractivity contribution is 14.0. The highest BCUT2D eigenvalue weighted by Crippen LogP contribution is 2.17. The molecule has 3 aromatic rings. The van der Waals surface area contributed by atoms with Gasteiger partial charge in [0.1, 0.15) is 11.5 Å². The first-order chi connectivity index (χ1) is 13.7. The topological polar surface area (TPSA) is 59.6 Å². The average molecular weight is 508 g/mol. The number of anilines is 1. The number of H-pyrrole nitrogens is 1. The molecule has 4 rings (SSSR count). The van der Waals surface area contributed by atoms with Crippen molar-refractivity contribution in [1.82, 2.24) is 20.2 Å². The van der Waals surface area contributed by atoms with Crippen LogP contribution < -0.4 is 10.2 Å². The molecule has 2 aromatic heterocycles. The fraction of sp³-hybridized carbons (Fsp3) is 0.333. The fourth-order valence-electron chi connectivity index (χ4n) is 3.69. The molecule has 154 valence electrons. The van der Waals surface area contributed by atoms with Gasteiger partial charge in [0.05, 0.1) is 0 Å². The first-order valence-electron chi connectivity index (χ1n) is 9.61. The highest BCUT2D eigenvalue weighted by Gasteiger charge is 2.19. The van der Waals surface area contributed by atoms with Crippen LogP contribution in [0.2, 0.25) is 0 Å². The molecule has 1 aromatic carbocycles. The van der Waals surface area contributed by atoms with Gasteiger partial charge in [0.15, 0.2) is 5.96 Å². The van der Waals surface area contributed by atoms with Crippen molar-refractivity contribution in [2.45, 2.75) is 6.42 Å². The number of aliphatic imine (C=N–C) groups is 1. The van der Waals surface area contributed by atoms with Crippen LogP contribution in [0.25, 0.3) is 11.0 Å². The Hall–Kier alpha value is -2.36. The van der Waals surface area contributed by atoms with E-state index in [1.54, 1.807) is 6.20 Å². The van der Waals surface area contributed by atoms with Crippen LogP contribution in [0.15, 0.2) is 53.8 Å². The van der Waals surface area contributed by atoms with Gasteiger partial charge in [0, 0.05) is 63.2 Å². The van der Waals surface area contributed by atoms with Crippen LogP contribution in [0, 0.1) is 5.82 Å². The van der Waals surface area contributed by atoms with Crippen molar-refractivity contribution < 1.29 is 4.39 Å². The number of nitrogens with one attached hydrogen (secondary N) is 2. The number of nitrogens with zero attached hydrogens (tertiary/aromatic N) is 4. The third-order valence-corrected chi connectivity index (χ3v) is 5.20. The Balaban J connectivity index is 0.00000240. The Kier molecular flexibility index (Phi) is 7.29. The number of benzene rings is 1. The Morgan fingerprint density at radius 3 is 2.66 bits per heavy atom. The Morgan fingerprint density at radius 2 is 1.93 bits per heavy atom. The summed E-state index contributed by atoms with van der Waals surface area (Å²) in [6.07, 6.45) is 4.73. The van der Waals surface area contributed by atoms with Crippen LogP contribution in [0.5, 0.6) is 0 Å². The lowest BCUT2D eigenvalue weighted by Gasteiger charge is -2.37. The second kappa shape index (κ2) is 9.91. The summed E-state index contributed by atoms with van der Waals surface area (Å²) < 4.78 is 13.1. The summed E-state index contributed by atoms with van der Waals surface area (Å²) >= 11 is 0. The zero-order valence-corrected chi connectivity index (χ0v) is 18.8. The molecule has 3 heterocycles. The Bertz CT molecular complexity index is 947. The zero-order chi connectivity index (χ0) is 19.3. The number of rotatable bonds is 4. The molecular formula is C21H26FIN6. The van der Waals surface area contributed by atoms with Gasteiger partial charge in [-0.2, -0.15) is 0 Å². The minimum Gasteiger partial charge on any atom is -0.368 e. The summed E-state index contributed by atoms with van der Waals surface area (Å²) in [6.45, 7) is 4.36. The molecular weight excluding hydrogens is 482 g/mol. The van der Waals surface area contributed by atoms with Gasteiger partial charge in [-0.25, -0.2) is 9.37 Å². The minimum absolute atomic E-state index is 0. The normalized spacial score (nSPS) is 14.8. The van der Waals surface area contributed by atoms with Gasteiger partial charge in [-0.05, 0) is 48.4 Å². The van der Waals surface area contributed by atoms with E-state index in [0.29, 0.717) is 0 Å². The summed E-state index contributed by atoms with van der Waals surface area (Å²) in [7, 11) is 1.82. The molecule has 8 heteroatoms. The van der Waals surface area contributed by atoms with Crippen LogP contribution in [-0.4, -0.2) is 60.6 Å². The standard InChI is InChI=1S/C21H25FN6.HI/c1-23-21(25-10-8-16-15-26-20-19(16)3-2-9-24-20)28-13-11-27(12-14-28)18-6-4-17(22)5-7-18;/h2-7,9,15H,8,10-14H2,1H3,(H,23,25)(H,24,26);1H. The maximum Gasteiger partial charge on any atom is 0.193 e. The van der Waals surface area contributed by atoms with Crippen molar-refractivity contribution in [2.75, 3.05) is 44.7 Å². The van der Waals surface area contributed by atoms with Gasteiger partial charge in [-0.1, -0.05) is 0 Å². The van der Waals surface area contributed by atoms with E-state index in [1.165, 1.54) is 23.1 Å². The first kappa shape index (κ1) is 21.4.